The van der Waals surface area contributed by atoms with E-state index in [4.69, 9.17) is 26.1 Å². The number of ether oxygens (including phenoxy) is 2. The van der Waals surface area contributed by atoms with Crippen LogP contribution in [0, 0.1) is 0 Å². The first kappa shape index (κ1) is 19.7. The largest absolute Gasteiger partial charge is 0.497 e. The lowest BCUT2D eigenvalue weighted by atomic mass is 10.3. The van der Waals surface area contributed by atoms with Crippen molar-refractivity contribution in [3.05, 3.63) is 48.4 Å². The maximum atomic E-state index is 5.68. The molecule has 27 heavy (non-hydrogen) atoms. The summed E-state index contributed by atoms with van der Waals surface area (Å²) in [5, 5.41) is 4.00. The Kier molecular flexibility index (Phi) is 7.50. The summed E-state index contributed by atoms with van der Waals surface area (Å²) >= 11 is 5.68. The van der Waals surface area contributed by atoms with Gasteiger partial charge in [0.15, 0.2) is 5.11 Å². The van der Waals surface area contributed by atoms with Gasteiger partial charge in [-0.2, -0.15) is 0 Å². The number of furan rings is 1. The average Bonchev–Trinajstić information content (AvgIpc) is 3.21. The SMILES string of the molecule is COc1cccc(NC(=S)N(CCCN2CCOCC2)Cc2ccco2)c1. The Morgan fingerprint density at radius 3 is 2.85 bits per heavy atom. The van der Waals surface area contributed by atoms with Crippen molar-refractivity contribution in [1.82, 2.24) is 9.80 Å². The monoisotopic (exact) mass is 389 g/mol. The van der Waals surface area contributed by atoms with Crippen molar-refractivity contribution in [3.63, 3.8) is 0 Å². The summed E-state index contributed by atoms with van der Waals surface area (Å²) in [4.78, 5) is 4.58. The maximum absolute atomic E-state index is 5.68. The predicted octanol–water partition coefficient (Wildman–Crippen LogP) is 3.21. The van der Waals surface area contributed by atoms with Crippen molar-refractivity contribution >= 4 is 23.0 Å². The van der Waals surface area contributed by atoms with Crippen molar-refractivity contribution in [2.24, 2.45) is 0 Å². The Bertz CT molecular complexity index is 702. The molecular weight excluding hydrogens is 362 g/mol. The third-order valence-electron chi connectivity index (χ3n) is 4.54. The summed E-state index contributed by atoms with van der Waals surface area (Å²) in [5.41, 5.74) is 0.914. The molecule has 1 fully saturated rings. The molecule has 0 spiro atoms. The number of nitrogens with one attached hydrogen (secondary N) is 1. The Morgan fingerprint density at radius 1 is 1.26 bits per heavy atom. The summed E-state index contributed by atoms with van der Waals surface area (Å²) in [7, 11) is 1.66. The number of benzene rings is 1. The van der Waals surface area contributed by atoms with E-state index in [1.807, 2.05) is 36.4 Å². The summed E-state index contributed by atoms with van der Waals surface area (Å²) in [6.07, 6.45) is 2.72. The standard InChI is InChI=1S/C20H27N3O3S/c1-24-18-6-2-5-17(15-18)21-20(27)23(16-19-7-3-12-26-19)9-4-8-22-10-13-25-14-11-22/h2-3,5-7,12,15H,4,8-11,13-14,16H2,1H3,(H,21,27). The van der Waals surface area contributed by atoms with Crippen LogP contribution < -0.4 is 10.1 Å². The molecule has 0 saturated carbocycles. The highest BCUT2D eigenvalue weighted by Gasteiger charge is 2.15. The molecule has 6 nitrogen and oxygen atoms in total. The maximum Gasteiger partial charge on any atom is 0.173 e. The average molecular weight is 390 g/mol. The Labute approximate surface area is 166 Å². The highest BCUT2D eigenvalue weighted by atomic mass is 32.1. The van der Waals surface area contributed by atoms with Crippen LogP contribution in [-0.2, 0) is 11.3 Å². The first-order chi connectivity index (χ1) is 13.2. The van der Waals surface area contributed by atoms with Gasteiger partial charge in [0.25, 0.3) is 0 Å². The molecule has 0 atom stereocenters. The van der Waals surface area contributed by atoms with Crippen LogP contribution in [0.5, 0.6) is 5.75 Å². The molecule has 0 radical (unpaired) electrons. The van der Waals surface area contributed by atoms with Crippen molar-refractivity contribution in [2.75, 3.05) is 51.8 Å². The second kappa shape index (κ2) is 10.3. The van der Waals surface area contributed by atoms with Gasteiger partial charge in [-0.3, -0.25) is 4.90 Å². The zero-order valence-electron chi connectivity index (χ0n) is 15.7. The third kappa shape index (κ3) is 6.23. The van der Waals surface area contributed by atoms with Crippen LogP contribution in [0.3, 0.4) is 0 Å². The van der Waals surface area contributed by atoms with Crippen LogP contribution in [0.2, 0.25) is 0 Å². The lowest BCUT2D eigenvalue weighted by molar-refractivity contribution is 0.0367. The summed E-state index contributed by atoms with van der Waals surface area (Å²) in [6, 6.07) is 11.7. The molecule has 0 amide bonds. The first-order valence-electron chi connectivity index (χ1n) is 9.27. The van der Waals surface area contributed by atoms with E-state index in [2.05, 4.69) is 15.1 Å². The Balaban J connectivity index is 1.58. The van der Waals surface area contributed by atoms with Crippen LogP contribution in [0.25, 0.3) is 0 Å². The van der Waals surface area contributed by atoms with E-state index in [1.54, 1.807) is 13.4 Å². The van der Waals surface area contributed by atoms with Crippen LogP contribution in [0.15, 0.2) is 47.1 Å². The minimum absolute atomic E-state index is 0.645. The van der Waals surface area contributed by atoms with Crippen molar-refractivity contribution in [2.45, 2.75) is 13.0 Å². The molecule has 1 aliphatic rings. The summed E-state index contributed by atoms with van der Waals surface area (Å²) in [5.74, 6) is 1.70. The first-order valence-corrected chi connectivity index (χ1v) is 9.68. The molecule has 7 heteroatoms. The number of morpholine rings is 1. The normalized spacial score (nSPS) is 14.7. The van der Waals surface area contributed by atoms with Crippen LogP contribution in [0.4, 0.5) is 5.69 Å². The van der Waals surface area contributed by atoms with E-state index >= 15 is 0 Å². The van der Waals surface area contributed by atoms with Crippen LogP contribution >= 0.6 is 12.2 Å². The third-order valence-corrected chi connectivity index (χ3v) is 4.90. The zero-order valence-corrected chi connectivity index (χ0v) is 16.5. The van der Waals surface area contributed by atoms with Gasteiger partial charge in [-0.05, 0) is 42.9 Å². The van der Waals surface area contributed by atoms with E-state index in [1.165, 1.54) is 0 Å². The van der Waals surface area contributed by atoms with E-state index < -0.39 is 0 Å². The molecule has 146 valence electrons. The number of rotatable bonds is 8. The number of hydrogen-bond donors (Lipinski definition) is 1. The van der Waals surface area contributed by atoms with Crippen molar-refractivity contribution < 1.29 is 13.9 Å². The van der Waals surface area contributed by atoms with Gasteiger partial charge in [-0.25, -0.2) is 0 Å². The minimum atomic E-state index is 0.645. The molecule has 3 rings (SSSR count). The molecule has 0 aliphatic carbocycles. The lowest BCUT2D eigenvalue weighted by Gasteiger charge is -2.29. The molecule has 0 unspecified atom stereocenters. The van der Waals surface area contributed by atoms with E-state index in [0.29, 0.717) is 11.7 Å². The van der Waals surface area contributed by atoms with Crippen molar-refractivity contribution in [1.29, 1.82) is 0 Å². The summed E-state index contributed by atoms with van der Waals surface area (Å²) < 4.78 is 16.2. The molecule has 1 aromatic heterocycles. The fourth-order valence-electron chi connectivity index (χ4n) is 3.06. The van der Waals surface area contributed by atoms with Crippen molar-refractivity contribution in [3.8, 4) is 5.75 Å². The highest BCUT2D eigenvalue weighted by molar-refractivity contribution is 7.80. The second-order valence-electron chi connectivity index (χ2n) is 6.47. The fourth-order valence-corrected chi connectivity index (χ4v) is 3.33. The van der Waals surface area contributed by atoms with E-state index in [-0.39, 0.29) is 0 Å². The topological polar surface area (TPSA) is 50.1 Å². The minimum Gasteiger partial charge on any atom is -0.497 e. The highest BCUT2D eigenvalue weighted by Crippen LogP contribution is 2.18. The summed E-state index contributed by atoms with van der Waals surface area (Å²) in [6.45, 7) is 6.20. The number of hydrogen-bond acceptors (Lipinski definition) is 5. The molecule has 1 aromatic carbocycles. The Morgan fingerprint density at radius 2 is 2.11 bits per heavy atom. The van der Waals surface area contributed by atoms with Gasteiger partial charge in [0, 0.05) is 37.9 Å². The second-order valence-corrected chi connectivity index (χ2v) is 6.86. The fraction of sp³-hybridized carbons (Fsp3) is 0.450. The van der Waals surface area contributed by atoms with Gasteiger partial charge in [-0.1, -0.05) is 6.07 Å². The van der Waals surface area contributed by atoms with Gasteiger partial charge in [-0.15, -0.1) is 0 Å². The number of thiocarbonyl (C=S) groups is 1. The van der Waals surface area contributed by atoms with Gasteiger partial charge >= 0.3 is 0 Å². The van der Waals surface area contributed by atoms with E-state index in [0.717, 1.165) is 63.0 Å². The lowest BCUT2D eigenvalue weighted by Crippen LogP contribution is -2.39. The van der Waals surface area contributed by atoms with E-state index in [9.17, 15) is 0 Å². The molecule has 1 saturated heterocycles. The molecule has 1 aliphatic heterocycles. The number of methoxy groups -OCH3 is 1. The van der Waals surface area contributed by atoms with Gasteiger partial charge < -0.3 is 24.1 Å². The van der Waals surface area contributed by atoms with Gasteiger partial charge in [0.2, 0.25) is 0 Å². The molecular formula is C20H27N3O3S. The number of anilines is 1. The quantitative estimate of drug-likeness (QED) is 0.696. The zero-order chi connectivity index (χ0) is 18.9. The molecule has 2 heterocycles. The molecule has 1 N–H and O–H groups in total. The van der Waals surface area contributed by atoms with Gasteiger partial charge in [0.1, 0.15) is 11.5 Å². The molecule has 0 bridgehead atoms. The predicted molar refractivity (Wildman–Crippen MR) is 110 cm³/mol. The van der Waals surface area contributed by atoms with Crippen LogP contribution in [0.1, 0.15) is 12.2 Å². The molecule has 2 aromatic rings. The Hall–Kier alpha value is -2.09. The smallest absolute Gasteiger partial charge is 0.173 e. The van der Waals surface area contributed by atoms with Gasteiger partial charge in [0.05, 0.1) is 33.1 Å². The number of nitrogens with zero attached hydrogens (tertiary/aromatic N) is 2. The van der Waals surface area contributed by atoms with Crippen LogP contribution in [-0.4, -0.2) is 61.4 Å².